The number of hydrogen-bond acceptors (Lipinski definition) is 7. The summed E-state index contributed by atoms with van der Waals surface area (Å²) in [7, 11) is 1.39. The Balaban J connectivity index is 1.39. The van der Waals surface area contributed by atoms with Gasteiger partial charge in [0.15, 0.2) is 0 Å². The van der Waals surface area contributed by atoms with Crippen LogP contribution in [0.5, 0.6) is 5.75 Å². The lowest BCUT2D eigenvalue weighted by molar-refractivity contribution is -0.384. The Morgan fingerprint density at radius 1 is 1.00 bits per heavy atom. The SMILES string of the molecule is COc1ccc([N+](=O)[O-])cc1NC(=O)c1ccc(CNC2=C(Cl)C(=O)N(Cc3ccccc3)C2=O)cc1. The van der Waals surface area contributed by atoms with Crippen molar-refractivity contribution in [3.05, 3.63) is 110 Å². The number of benzene rings is 3. The zero-order chi connectivity index (χ0) is 26.5. The van der Waals surface area contributed by atoms with Crippen molar-refractivity contribution < 1.29 is 24.0 Å². The zero-order valence-corrected chi connectivity index (χ0v) is 20.3. The van der Waals surface area contributed by atoms with Crippen LogP contribution in [-0.4, -0.2) is 34.7 Å². The molecule has 188 valence electrons. The van der Waals surface area contributed by atoms with Crippen LogP contribution in [0.25, 0.3) is 0 Å². The number of imide groups is 1. The van der Waals surface area contributed by atoms with E-state index in [1.54, 1.807) is 24.3 Å². The van der Waals surface area contributed by atoms with Gasteiger partial charge in [0.2, 0.25) is 0 Å². The molecule has 0 unspecified atom stereocenters. The molecule has 3 amide bonds. The minimum atomic E-state index is -0.568. The van der Waals surface area contributed by atoms with E-state index in [2.05, 4.69) is 10.6 Å². The number of methoxy groups -OCH3 is 1. The minimum Gasteiger partial charge on any atom is -0.495 e. The number of rotatable bonds is 9. The number of hydrogen-bond donors (Lipinski definition) is 2. The Morgan fingerprint density at radius 2 is 1.70 bits per heavy atom. The van der Waals surface area contributed by atoms with Crippen LogP contribution in [0.4, 0.5) is 11.4 Å². The van der Waals surface area contributed by atoms with Gasteiger partial charge in [-0.15, -0.1) is 0 Å². The molecular weight excluding hydrogens is 500 g/mol. The predicted molar refractivity (Wildman–Crippen MR) is 136 cm³/mol. The Labute approximate surface area is 216 Å². The summed E-state index contributed by atoms with van der Waals surface area (Å²) in [6.07, 6.45) is 0. The molecule has 1 aliphatic rings. The van der Waals surface area contributed by atoms with Crippen molar-refractivity contribution in [1.29, 1.82) is 0 Å². The molecule has 0 atom stereocenters. The van der Waals surface area contributed by atoms with Gasteiger partial charge in [0.1, 0.15) is 16.5 Å². The first-order valence-electron chi connectivity index (χ1n) is 11.0. The second-order valence-corrected chi connectivity index (χ2v) is 8.40. The summed E-state index contributed by atoms with van der Waals surface area (Å²) in [5, 5.41) is 16.4. The maximum atomic E-state index is 12.8. The highest BCUT2D eigenvalue weighted by molar-refractivity contribution is 6.47. The fourth-order valence-electron chi connectivity index (χ4n) is 3.68. The molecular formula is C26H21ClN4O6. The van der Waals surface area contributed by atoms with Crippen LogP contribution in [0.15, 0.2) is 83.5 Å². The van der Waals surface area contributed by atoms with Gasteiger partial charge in [-0.25, -0.2) is 0 Å². The largest absolute Gasteiger partial charge is 0.495 e. The van der Waals surface area contributed by atoms with Crippen LogP contribution >= 0.6 is 11.6 Å². The third-order valence-corrected chi connectivity index (χ3v) is 5.97. The molecule has 0 saturated heterocycles. The van der Waals surface area contributed by atoms with Crippen molar-refractivity contribution in [3.63, 3.8) is 0 Å². The van der Waals surface area contributed by atoms with E-state index in [4.69, 9.17) is 16.3 Å². The smallest absolute Gasteiger partial charge is 0.278 e. The molecule has 0 saturated carbocycles. The predicted octanol–water partition coefficient (Wildman–Crippen LogP) is 3.96. The van der Waals surface area contributed by atoms with Crippen molar-refractivity contribution in [3.8, 4) is 5.75 Å². The number of nitro benzene ring substituents is 1. The maximum absolute atomic E-state index is 12.8. The standard InChI is InChI=1S/C26H21ClN4O6/c1-37-21-12-11-19(31(35)36)13-20(21)29-24(32)18-9-7-16(8-10-18)14-28-23-22(27)25(33)30(26(23)34)15-17-5-3-2-4-6-17/h2-13,28H,14-15H2,1H3,(H,29,32). The number of carbonyl (C=O) groups is 3. The fourth-order valence-corrected chi connectivity index (χ4v) is 3.93. The first-order chi connectivity index (χ1) is 17.8. The molecule has 0 bridgehead atoms. The Morgan fingerprint density at radius 3 is 2.35 bits per heavy atom. The summed E-state index contributed by atoms with van der Waals surface area (Å²) in [5.41, 5.74) is 1.82. The van der Waals surface area contributed by atoms with E-state index in [-0.39, 0.29) is 40.9 Å². The molecule has 3 aromatic carbocycles. The highest BCUT2D eigenvalue weighted by atomic mass is 35.5. The monoisotopic (exact) mass is 520 g/mol. The number of amides is 3. The van der Waals surface area contributed by atoms with Gasteiger partial charge in [-0.2, -0.15) is 0 Å². The average molecular weight is 521 g/mol. The number of halogens is 1. The van der Waals surface area contributed by atoms with E-state index in [9.17, 15) is 24.5 Å². The molecule has 10 nitrogen and oxygen atoms in total. The van der Waals surface area contributed by atoms with Crippen molar-refractivity contribution in [2.24, 2.45) is 0 Å². The number of nitrogens with zero attached hydrogens (tertiary/aromatic N) is 2. The van der Waals surface area contributed by atoms with Crippen molar-refractivity contribution in [1.82, 2.24) is 10.2 Å². The molecule has 3 aromatic rings. The van der Waals surface area contributed by atoms with E-state index < -0.39 is 22.6 Å². The second-order valence-electron chi connectivity index (χ2n) is 8.02. The molecule has 0 radical (unpaired) electrons. The summed E-state index contributed by atoms with van der Waals surface area (Å²) < 4.78 is 5.17. The average Bonchev–Trinajstić information content (AvgIpc) is 3.10. The summed E-state index contributed by atoms with van der Waals surface area (Å²) in [5.74, 6) is -1.29. The lowest BCUT2D eigenvalue weighted by Gasteiger charge is -2.15. The quantitative estimate of drug-likeness (QED) is 0.248. The van der Waals surface area contributed by atoms with Gasteiger partial charge in [-0.05, 0) is 29.3 Å². The van der Waals surface area contributed by atoms with Crippen molar-refractivity contribution >= 4 is 40.7 Å². The van der Waals surface area contributed by atoms with Crippen LogP contribution in [0, 0.1) is 10.1 Å². The van der Waals surface area contributed by atoms with E-state index in [0.717, 1.165) is 16.0 Å². The number of non-ortho nitro benzene ring substituents is 1. The molecule has 0 aromatic heterocycles. The number of ether oxygens (including phenoxy) is 1. The normalized spacial score (nSPS) is 13.1. The minimum absolute atomic E-state index is 0.0159. The highest BCUT2D eigenvalue weighted by Crippen LogP contribution is 2.29. The fraction of sp³-hybridized carbons (Fsp3) is 0.115. The van der Waals surface area contributed by atoms with Gasteiger partial charge >= 0.3 is 0 Å². The Kier molecular flexibility index (Phi) is 7.49. The molecule has 0 aliphatic carbocycles. The van der Waals surface area contributed by atoms with Crippen molar-refractivity contribution in [2.75, 3.05) is 12.4 Å². The summed E-state index contributed by atoms with van der Waals surface area (Å²) in [6.45, 7) is 0.295. The summed E-state index contributed by atoms with van der Waals surface area (Å²) in [6, 6.07) is 19.5. The molecule has 1 heterocycles. The first-order valence-corrected chi connectivity index (χ1v) is 11.4. The van der Waals surface area contributed by atoms with Crippen molar-refractivity contribution in [2.45, 2.75) is 13.1 Å². The maximum Gasteiger partial charge on any atom is 0.278 e. The first kappa shape index (κ1) is 25.4. The zero-order valence-electron chi connectivity index (χ0n) is 19.6. The summed E-state index contributed by atoms with van der Waals surface area (Å²) in [4.78, 5) is 49.5. The number of nitro groups is 1. The molecule has 37 heavy (non-hydrogen) atoms. The second kappa shape index (κ2) is 10.9. The molecule has 11 heteroatoms. The number of carbonyl (C=O) groups excluding carboxylic acids is 3. The molecule has 0 fully saturated rings. The van der Waals surface area contributed by atoms with Crippen LogP contribution in [0.1, 0.15) is 21.5 Å². The van der Waals surface area contributed by atoms with E-state index >= 15 is 0 Å². The van der Waals surface area contributed by atoms with Crippen LogP contribution < -0.4 is 15.4 Å². The molecule has 0 spiro atoms. The molecule has 4 rings (SSSR count). The Bertz CT molecular complexity index is 1410. The van der Waals surface area contributed by atoms with Gasteiger partial charge in [0, 0.05) is 24.2 Å². The van der Waals surface area contributed by atoms with Crippen LogP contribution in [-0.2, 0) is 22.7 Å². The topological polar surface area (TPSA) is 131 Å². The van der Waals surface area contributed by atoms with E-state index in [1.165, 1.54) is 25.3 Å². The molecule has 1 aliphatic heterocycles. The number of nitrogens with one attached hydrogen (secondary N) is 2. The van der Waals surface area contributed by atoms with E-state index in [0.29, 0.717) is 5.56 Å². The van der Waals surface area contributed by atoms with Gasteiger partial charge in [-0.3, -0.25) is 29.4 Å². The third-order valence-electron chi connectivity index (χ3n) is 5.62. The third kappa shape index (κ3) is 5.60. The van der Waals surface area contributed by atoms with Crippen LogP contribution in [0.3, 0.4) is 0 Å². The summed E-state index contributed by atoms with van der Waals surface area (Å²) >= 11 is 6.15. The van der Waals surface area contributed by atoms with Gasteiger partial charge in [0.05, 0.1) is 24.3 Å². The Hall–Kier alpha value is -4.70. The van der Waals surface area contributed by atoms with Gasteiger partial charge < -0.3 is 15.4 Å². The number of anilines is 1. The van der Waals surface area contributed by atoms with Gasteiger partial charge in [-0.1, -0.05) is 54.1 Å². The van der Waals surface area contributed by atoms with E-state index in [1.807, 2.05) is 30.3 Å². The van der Waals surface area contributed by atoms with Gasteiger partial charge in [0.25, 0.3) is 23.4 Å². The highest BCUT2D eigenvalue weighted by Gasteiger charge is 2.37. The van der Waals surface area contributed by atoms with Crippen LogP contribution in [0.2, 0.25) is 0 Å². The molecule has 2 N–H and O–H groups in total. The lowest BCUT2D eigenvalue weighted by atomic mass is 10.1. The lowest BCUT2D eigenvalue weighted by Crippen LogP contribution is -2.33.